The molecule has 4 rings (SSSR count). The molecule has 0 aliphatic heterocycles. The third-order valence-corrected chi connectivity index (χ3v) is 7.09. The molecule has 1 aliphatic rings. The quantitative estimate of drug-likeness (QED) is 0.524. The third-order valence-electron chi connectivity index (χ3n) is 7.09. The number of methoxy groups -OCH3 is 2. The van der Waals surface area contributed by atoms with Crippen molar-refractivity contribution >= 4 is 22.6 Å². The number of nitrogens with one attached hydrogen (secondary N) is 2. The Kier molecular flexibility index (Phi) is 7.57. The molecule has 0 bridgehead atoms. The summed E-state index contributed by atoms with van der Waals surface area (Å²) in [5.74, 6) is 1.07. The molecule has 3 atom stereocenters. The maximum atomic E-state index is 13.2. The fourth-order valence-corrected chi connectivity index (χ4v) is 4.78. The van der Waals surface area contributed by atoms with Crippen LogP contribution in [0.1, 0.15) is 43.6 Å². The number of carbonyl (C=O) groups is 2. The number of carbonyl (C=O) groups excluding carboxylic acids is 2. The average molecular weight is 493 g/mol. The van der Waals surface area contributed by atoms with E-state index in [1.807, 2.05) is 0 Å². The molecule has 1 heterocycles. The van der Waals surface area contributed by atoms with Crippen molar-refractivity contribution in [1.29, 1.82) is 0 Å². The van der Waals surface area contributed by atoms with E-state index in [4.69, 9.17) is 9.47 Å². The minimum absolute atomic E-state index is 0.0486. The van der Waals surface area contributed by atoms with E-state index in [2.05, 4.69) is 29.6 Å². The highest BCUT2D eigenvalue weighted by atomic mass is 16.5. The van der Waals surface area contributed by atoms with Crippen molar-refractivity contribution in [2.24, 2.45) is 11.8 Å². The van der Waals surface area contributed by atoms with Gasteiger partial charge in [0.15, 0.2) is 17.2 Å². The molecule has 2 N–H and O–H groups in total. The van der Waals surface area contributed by atoms with Crippen molar-refractivity contribution in [3.05, 3.63) is 58.5 Å². The summed E-state index contributed by atoms with van der Waals surface area (Å²) in [5.41, 5.74) is 0.0792. The van der Waals surface area contributed by atoms with E-state index in [9.17, 15) is 14.4 Å². The average Bonchev–Trinajstić information content (AvgIpc) is 2.90. The van der Waals surface area contributed by atoms with Gasteiger partial charge in [0, 0.05) is 17.5 Å². The van der Waals surface area contributed by atoms with Gasteiger partial charge in [-0.15, -0.1) is 0 Å². The molecule has 0 saturated heterocycles. The summed E-state index contributed by atoms with van der Waals surface area (Å²) in [4.78, 5) is 39.0. The minimum Gasteiger partial charge on any atom is -0.493 e. The lowest BCUT2D eigenvalue weighted by Crippen LogP contribution is -2.47. The molecule has 1 saturated carbocycles. The normalized spacial score (nSPS) is 19.5. The highest BCUT2D eigenvalue weighted by Crippen LogP contribution is 2.30. The number of ether oxygens (including phenoxy) is 2. The standard InChI is InChI=1S/C27H32N4O5/c1-16-8-7-11-21(17(16)2)29-24(32)15-28-26(33)25-19-9-5-6-10-20(19)27(34)31(30-25)18-12-13-22(35-3)23(14-18)36-4/h5-6,9-10,12-14,16-17,21H,7-8,11,15H2,1-4H3,(H,28,33)(H,29,32)/t16-,17+,21+/m0/s1. The summed E-state index contributed by atoms with van der Waals surface area (Å²) >= 11 is 0. The fourth-order valence-electron chi connectivity index (χ4n) is 4.78. The molecule has 1 fully saturated rings. The first-order valence-corrected chi connectivity index (χ1v) is 12.2. The van der Waals surface area contributed by atoms with Gasteiger partial charge in [-0.25, -0.2) is 0 Å². The molecule has 0 unspecified atom stereocenters. The van der Waals surface area contributed by atoms with Crippen molar-refractivity contribution in [3.8, 4) is 17.2 Å². The first-order chi connectivity index (χ1) is 17.3. The van der Waals surface area contributed by atoms with Gasteiger partial charge in [-0.1, -0.05) is 44.9 Å². The number of fused-ring (bicyclic) bond motifs is 1. The van der Waals surface area contributed by atoms with E-state index < -0.39 is 5.91 Å². The minimum atomic E-state index is -0.541. The summed E-state index contributed by atoms with van der Waals surface area (Å²) in [6.45, 7) is 4.18. The first-order valence-electron chi connectivity index (χ1n) is 12.2. The van der Waals surface area contributed by atoms with Crippen LogP contribution in [0.5, 0.6) is 11.5 Å². The molecule has 36 heavy (non-hydrogen) atoms. The number of nitrogens with zero attached hydrogens (tertiary/aromatic N) is 2. The molecular weight excluding hydrogens is 460 g/mol. The van der Waals surface area contributed by atoms with Crippen LogP contribution < -0.4 is 25.7 Å². The molecule has 1 aliphatic carbocycles. The zero-order valence-electron chi connectivity index (χ0n) is 21.0. The highest BCUT2D eigenvalue weighted by molar-refractivity contribution is 6.05. The second kappa shape index (κ2) is 10.8. The number of benzene rings is 2. The van der Waals surface area contributed by atoms with Crippen LogP contribution in [0.15, 0.2) is 47.3 Å². The van der Waals surface area contributed by atoms with E-state index in [-0.39, 0.29) is 29.7 Å². The van der Waals surface area contributed by atoms with Crippen LogP contribution in [0.4, 0.5) is 0 Å². The topological polar surface area (TPSA) is 112 Å². The van der Waals surface area contributed by atoms with E-state index in [1.54, 1.807) is 42.5 Å². The first kappa shape index (κ1) is 25.2. The summed E-state index contributed by atoms with van der Waals surface area (Å²) in [6, 6.07) is 11.8. The Hall–Kier alpha value is -3.88. The van der Waals surface area contributed by atoms with E-state index in [0.717, 1.165) is 17.5 Å². The largest absolute Gasteiger partial charge is 0.493 e. The third kappa shape index (κ3) is 5.05. The molecule has 190 valence electrons. The zero-order valence-corrected chi connectivity index (χ0v) is 21.0. The molecular formula is C27H32N4O5. The van der Waals surface area contributed by atoms with Gasteiger partial charge in [0.05, 0.1) is 31.8 Å². The highest BCUT2D eigenvalue weighted by Gasteiger charge is 2.28. The lowest BCUT2D eigenvalue weighted by molar-refractivity contribution is -0.121. The van der Waals surface area contributed by atoms with Crippen LogP contribution in [0.25, 0.3) is 16.5 Å². The van der Waals surface area contributed by atoms with Gasteiger partial charge in [-0.3, -0.25) is 14.4 Å². The number of hydrogen-bond acceptors (Lipinski definition) is 6. The maximum absolute atomic E-state index is 13.2. The Balaban J connectivity index is 1.60. The zero-order chi connectivity index (χ0) is 25.8. The van der Waals surface area contributed by atoms with Crippen LogP contribution in [0, 0.1) is 11.8 Å². The smallest absolute Gasteiger partial charge is 0.279 e. The van der Waals surface area contributed by atoms with Crippen molar-refractivity contribution in [3.63, 3.8) is 0 Å². The van der Waals surface area contributed by atoms with Gasteiger partial charge in [0.2, 0.25) is 5.91 Å². The van der Waals surface area contributed by atoms with Crippen molar-refractivity contribution < 1.29 is 19.1 Å². The van der Waals surface area contributed by atoms with Crippen molar-refractivity contribution in [1.82, 2.24) is 20.4 Å². The predicted molar refractivity (Wildman–Crippen MR) is 137 cm³/mol. The Morgan fingerprint density at radius 2 is 1.75 bits per heavy atom. The number of hydrogen-bond donors (Lipinski definition) is 2. The monoisotopic (exact) mass is 492 g/mol. The van der Waals surface area contributed by atoms with Gasteiger partial charge >= 0.3 is 0 Å². The van der Waals surface area contributed by atoms with Crippen molar-refractivity contribution in [2.75, 3.05) is 20.8 Å². The molecule has 0 radical (unpaired) electrons. The number of rotatable bonds is 7. The van der Waals surface area contributed by atoms with Crippen LogP contribution in [-0.2, 0) is 4.79 Å². The summed E-state index contributed by atoms with van der Waals surface area (Å²) in [7, 11) is 3.02. The Bertz CT molecular complexity index is 1340. The van der Waals surface area contributed by atoms with Gasteiger partial charge in [0.1, 0.15) is 0 Å². The van der Waals surface area contributed by atoms with E-state index >= 15 is 0 Å². The summed E-state index contributed by atoms with van der Waals surface area (Å²) < 4.78 is 11.8. The van der Waals surface area contributed by atoms with Crippen LogP contribution in [0.2, 0.25) is 0 Å². The molecule has 0 spiro atoms. The SMILES string of the molecule is COc1ccc(-n2nc(C(=O)NCC(=O)N[C@@H]3CCC[C@H](C)[C@H]3C)c3ccccc3c2=O)cc1OC. The maximum Gasteiger partial charge on any atom is 0.279 e. The van der Waals surface area contributed by atoms with Gasteiger partial charge in [-0.2, -0.15) is 9.78 Å². The van der Waals surface area contributed by atoms with E-state index in [1.165, 1.54) is 20.6 Å². The number of aromatic nitrogens is 2. The number of amides is 2. The summed E-state index contributed by atoms with van der Waals surface area (Å²) in [5, 5.41) is 10.9. The van der Waals surface area contributed by atoms with Gasteiger partial charge < -0.3 is 20.1 Å². The lowest BCUT2D eigenvalue weighted by atomic mass is 9.78. The molecule has 2 amide bonds. The Morgan fingerprint density at radius 3 is 2.47 bits per heavy atom. The lowest BCUT2D eigenvalue weighted by Gasteiger charge is -2.34. The molecule has 9 nitrogen and oxygen atoms in total. The summed E-state index contributed by atoms with van der Waals surface area (Å²) in [6.07, 6.45) is 3.18. The van der Waals surface area contributed by atoms with Gasteiger partial charge in [0.25, 0.3) is 11.5 Å². The Labute approximate surface area is 209 Å². The second-order valence-electron chi connectivity index (χ2n) is 9.27. The van der Waals surface area contributed by atoms with Gasteiger partial charge in [-0.05, 0) is 36.5 Å². The van der Waals surface area contributed by atoms with Crippen LogP contribution >= 0.6 is 0 Å². The van der Waals surface area contributed by atoms with Crippen LogP contribution in [0.3, 0.4) is 0 Å². The molecule has 3 aromatic rings. The predicted octanol–water partition coefficient (Wildman–Crippen LogP) is 3.07. The molecule has 1 aromatic heterocycles. The second-order valence-corrected chi connectivity index (χ2v) is 9.27. The van der Waals surface area contributed by atoms with Crippen LogP contribution in [-0.4, -0.2) is 48.4 Å². The molecule has 2 aromatic carbocycles. The fraction of sp³-hybridized carbons (Fsp3) is 0.407. The Morgan fingerprint density at radius 1 is 1.03 bits per heavy atom. The molecule has 9 heteroatoms. The van der Waals surface area contributed by atoms with E-state index in [0.29, 0.717) is 39.8 Å². The van der Waals surface area contributed by atoms with Crippen molar-refractivity contribution in [2.45, 2.75) is 39.2 Å².